The number of aliphatic hydroxyl groups excluding tert-OH is 1. The van der Waals surface area contributed by atoms with Gasteiger partial charge in [-0.3, -0.25) is 0 Å². The van der Waals surface area contributed by atoms with Gasteiger partial charge in [-0.25, -0.2) is 0 Å². The van der Waals surface area contributed by atoms with Crippen molar-refractivity contribution in [3.63, 3.8) is 0 Å². The lowest BCUT2D eigenvalue weighted by atomic mass is 10.0. The van der Waals surface area contributed by atoms with E-state index < -0.39 is 0 Å². The Morgan fingerprint density at radius 2 is 1.28 bits per heavy atom. The molecular formula is C17H34O. The first kappa shape index (κ1) is 17.7. The zero-order valence-corrected chi connectivity index (χ0v) is 12.5. The quantitative estimate of drug-likeness (QED) is 0.315. The molecule has 0 aromatic heterocycles. The molecule has 0 bridgehead atoms. The number of rotatable bonds is 14. The minimum atomic E-state index is -0.152. The van der Waals surface area contributed by atoms with Crippen LogP contribution in [0.3, 0.4) is 0 Å². The van der Waals surface area contributed by atoms with Gasteiger partial charge in [-0.2, -0.15) is 0 Å². The Kier molecular flexibility index (Phi) is 14.5. The van der Waals surface area contributed by atoms with Crippen LogP contribution >= 0.6 is 0 Å². The molecular weight excluding hydrogens is 220 g/mol. The molecule has 0 aromatic rings. The number of unbranched alkanes of at least 4 members (excludes halogenated alkanes) is 10. The summed E-state index contributed by atoms with van der Waals surface area (Å²) in [6.45, 7) is 5.92. The Bertz CT molecular complexity index is 165. The Morgan fingerprint density at radius 1 is 0.833 bits per heavy atom. The summed E-state index contributed by atoms with van der Waals surface area (Å²) < 4.78 is 0. The van der Waals surface area contributed by atoms with Crippen LogP contribution in [0.15, 0.2) is 12.7 Å². The van der Waals surface area contributed by atoms with Crippen LogP contribution in [-0.2, 0) is 0 Å². The SMILES string of the molecule is C=CCC(O)CCCCCCCCCCCCC. The fraction of sp³-hybridized carbons (Fsp3) is 0.882. The highest BCUT2D eigenvalue weighted by Gasteiger charge is 2.00. The zero-order chi connectivity index (χ0) is 13.5. The predicted octanol–water partition coefficient (Wildman–Crippen LogP) is 5.62. The van der Waals surface area contributed by atoms with E-state index in [0.29, 0.717) is 0 Å². The molecule has 1 nitrogen and oxygen atoms in total. The molecule has 18 heavy (non-hydrogen) atoms. The van der Waals surface area contributed by atoms with Crippen molar-refractivity contribution in [3.05, 3.63) is 12.7 Å². The standard InChI is InChI=1S/C17H34O/c1-3-5-6-7-8-9-10-11-12-13-14-16-17(18)15-4-2/h4,17-18H,2-3,5-16H2,1H3. The van der Waals surface area contributed by atoms with Gasteiger partial charge in [0.2, 0.25) is 0 Å². The highest BCUT2D eigenvalue weighted by molar-refractivity contribution is 4.71. The maximum Gasteiger partial charge on any atom is 0.0574 e. The minimum absolute atomic E-state index is 0.152. The summed E-state index contributed by atoms with van der Waals surface area (Å²) in [4.78, 5) is 0. The van der Waals surface area contributed by atoms with Crippen molar-refractivity contribution in [1.29, 1.82) is 0 Å². The van der Waals surface area contributed by atoms with Gasteiger partial charge in [0.1, 0.15) is 0 Å². The molecule has 0 rings (SSSR count). The lowest BCUT2D eigenvalue weighted by Gasteiger charge is -2.07. The molecule has 0 saturated heterocycles. The maximum absolute atomic E-state index is 9.52. The lowest BCUT2D eigenvalue weighted by molar-refractivity contribution is 0.164. The van der Waals surface area contributed by atoms with Gasteiger partial charge in [0.05, 0.1) is 6.10 Å². The Labute approximate surface area is 115 Å². The highest BCUT2D eigenvalue weighted by atomic mass is 16.3. The summed E-state index contributed by atoms with van der Waals surface area (Å²) in [5.41, 5.74) is 0. The third-order valence-electron chi connectivity index (χ3n) is 3.58. The Hall–Kier alpha value is -0.300. The second-order valence-electron chi connectivity index (χ2n) is 5.50. The van der Waals surface area contributed by atoms with Crippen LogP contribution in [0.2, 0.25) is 0 Å². The van der Waals surface area contributed by atoms with Crippen molar-refractivity contribution in [2.75, 3.05) is 0 Å². The normalized spacial score (nSPS) is 12.6. The summed E-state index contributed by atoms with van der Waals surface area (Å²) in [5.74, 6) is 0. The molecule has 1 atom stereocenters. The Morgan fingerprint density at radius 3 is 1.72 bits per heavy atom. The van der Waals surface area contributed by atoms with Gasteiger partial charge in [-0.15, -0.1) is 6.58 Å². The van der Waals surface area contributed by atoms with Crippen molar-refractivity contribution >= 4 is 0 Å². The summed E-state index contributed by atoms with van der Waals surface area (Å²) >= 11 is 0. The third kappa shape index (κ3) is 13.8. The van der Waals surface area contributed by atoms with Crippen molar-refractivity contribution in [3.8, 4) is 0 Å². The summed E-state index contributed by atoms with van der Waals surface area (Å²) in [6.07, 6.45) is 18.4. The number of aliphatic hydroxyl groups is 1. The molecule has 0 spiro atoms. The van der Waals surface area contributed by atoms with E-state index in [-0.39, 0.29) is 6.10 Å². The Balaban J connectivity index is 3.00. The molecule has 0 radical (unpaired) electrons. The van der Waals surface area contributed by atoms with E-state index in [4.69, 9.17) is 0 Å². The topological polar surface area (TPSA) is 20.2 Å². The van der Waals surface area contributed by atoms with E-state index in [2.05, 4.69) is 13.5 Å². The lowest BCUT2D eigenvalue weighted by Crippen LogP contribution is -2.03. The number of hydrogen-bond donors (Lipinski definition) is 1. The molecule has 0 aliphatic rings. The monoisotopic (exact) mass is 254 g/mol. The third-order valence-corrected chi connectivity index (χ3v) is 3.58. The van der Waals surface area contributed by atoms with E-state index in [1.807, 2.05) is 6.08 Å². The first-order chi connectivity index (χ1) is 8.81. The molecule has 0 aliphatic carbocycles. The zero-order valence-electron chi connectivity index (χ0n) is 12.5. The van der Waals surface area contributed by atoms with E-state index >= 15 is 0 Å². The largest absolute Gasteiger partial charge is 0.393 e. The van der Waals surface area contributed by atoms with Gasteiger partial charge in [-0.1, -0.05) is 83.6 Å². The fourth-order valence-corrected chi connectivity index (χ4v) is 2.35. The second-order valence-corrected chi connectivity index (χ2v) is 5.50. The van der Waals surface area contributed by atoms with Gasteiger partial charge in [0, 0.05) is 0 Å². The van der Waals surface area contributed by atoms with Gasteiger partial charge in [-0.05, 0) is 12.8 Å². The first-order valence-corrected chi connectivity index (χ1v) is 8.10. The van der Waals surface area contributed by atoms with E-state index in [1.165, 1.54) is 70.6 Å². The van der Waals surface area contributed by atoms with E-state index in [0.717, 1.165) is 12.8 Å². The fourth-order valence-electron chi connectivity index (χ4n) is 2.35. The van der Waals surface area contributed by atoms with Crippen molar-refractivity contribution in [2.24, 2.45) is 0 Å². The van der Waals surface area contributed by atoms with Gasteiger partial charge in [0.15, 0.2) is 0 Å². The second kappa shape index (κ2) is 14.8. The molecule has 0 aliphatic heterocycles. The smallest absolute Gasteiger partial charge is 0.0574 e. The van der Waals surface area contributed by atoms with Crippen LogP contribution < -0.4 is 0 Å². The summed E-state index contributed by atoms with van der Waals surface area (Å²) in [6, 6.07) is 0. The molecule has 0 fully saturated rings. The van der Waals surface area contributed by atoms with Crippen molar-refractivity contribution in [2.45, 2.75) is 96.5 Å². The predicted molar refractivity (Wildman–Crippen MR) is 81.9 cm³/mol. The van der Waals surface area contributed by atoms with E-state index in [1.54, 1.807) is 0 Å². The highest BCUT2D eigenvalue weighted by Crippen LogP contribution is 2.13. The van der Waals surface area contributed by atoms with Gasteiger partial charge < -0.3 is 5.11 Å². The van der Waals surface area contributed by atoms with Crippen LogP contribution in [0.25, 0.3) is 0 Å². The van der Waals surface area contributed by atoms with Crippen molar-refractivity contribution < 1.29 is 5.11 Å². The maximum atomic E-state index is 9.52. The molecule has 1 N–H and O–H groups in total. The number of hydrogen-bond acceptors (Lipinski definition) is 1. The minimum Gasteiger partial charge on any atom is -0.393 e. The molecule has 108 valence electrons. The van der Waals surface area contributed by atoms with E-state index in [9.17, 15) is 5.11 Å². The van der Waals surface area contributed by atoms with Crippen LogP contribution in [-0.4, -0.2) is 11.2 Å². The van der Waals surface area contributed by atoms with Crippen LogP contribution in [0.1, 0.15) is 90.4 Å². The van der Waals surface area contributed by atoms with Gasteiger partial charge in [0.25, 0.3) is 0 Å². The molecule has 0 saturated carbocycles. The van der Waals surface area contributed by atoms with Crippen LogP contribution in [0.4, 0.5) is 0 Å². The molecule has 1 unspecified atom stereocenters. The van der Waals surface area contributed by atoms with Crippen molar-refractivity contribution in [1.82, 2.24) is 0 Å². The van der Waals surface area contributed by atoms with Crippen LogP contribution in [0, 0.1) is 0 Å². The average Bonchev–Trinajstić information content (AvgIpc) is 2.36. The summed E-state index contributed by atoms with van der Waals surface area (Å²) in [5, 5.41) is 9.52. The first-order valence-electron chi connectivity index (χ1n) is 8.10. The van der Waals surface area contributed by atoms with Crippen LogP contribution in [0.5, 0.6) is 0 Å². The molecule has 1 heteroatoms. The average molecular weight is 254 g/mol. The summed E-state index contributed by atoms with van der Waals surface area (Å²) in [7, 11) is 0. The molecule has 0 amide bonds. The van der Waals surface area contributed by atoms with Gasteiger partial charge >= 0.3 is 0 Å². The molecule has 0 aromatic carbocycles. The molecule has 0 heterocycles.